The van der Waals surface area contributed by atoms with E-state index in [4.69, 9.17) is 0 Å². The molecule has 0 saturated carbocycles. The molecule has 3 rings (SSSR count). The second-order valence-electron chi connectivity index (χ2n) is 5.63. The van der Waals surface area contributed by atoms with Crippen LogP contribution in [0.2, 0.25) is 0 Å². The van der Waals surface area contributed by atoms with Gasteiger partial charge in [-0.05, 0) is 44.2 Å². The van der Waals surface area contributed by atoms with Crippen LogP contribution < -0.4 is 0 Å². The maximum atomic E-state index is 13.4. The van der Waals surface area contributed by atoms with E-state index in [1.807, 2.05) is 0 Å². The van der Waals surface area contributed by atoms with Crippen molar-refractivity contribution < 1.29 is 18.3 Å². The molecule has 0 saturated heterocycles. The van der Waals surface area contributed by atoms with Crippen LogP contribution in [0.4, 0.5) is 13.2 Å². The number of phenolic OH excluding ortho intramolecular Hbond substituents is 1. The number of hydrogen-bond donors (Lipinski definition) is 1. The number of para-hydroxylation sites is 1. The highest BCUT2D eigenvalue weighted by atomic mass is 19.4. The molecule has 0 aliphatic carbocycles. The molecule has 1 N–H and O–H groups in total. The van der Waals surface area contributed by atoms with Crippen molar-refractivity contribution in [1.82, 2.24) is 9.78 Å². The molecule has 23 heavy (non-hydrogen) atoms. The predicted molar refractivity (Wildman–Crippen MR) is 82.2 cm³/mol. The molecule has 0 spiro atoms. The molecule has 0 bridgehead atoms. The van der Waals surface area contributed by atoms with Gasteiger partial charge in [-0.3, -0.25) is 4.68 Å². The van der Waals surface area contributed by atoms with Crippen LogP contribution in [0.15, 0.2) is 42.5 Å². The third kappa shape index (κ3) is 2.65. The maximum Gasteiger partial charge on any atom is 0.418 e. The first kappa shape index (κ1) is 15.4. The summed E-state index contributed by atoms with van der Waals surface area (Å²) in [5.74, 6) is 0.0947. The number of rotatable bonds is 2. The molecule has 3 nitrogen and oxygen atoms in total. The summed E-state index contributed by atoms with van der Waals surface area (Å²) in [6.45, 7) is 3.58. The molecule has 0 amide bonds. The van der Waals surface area contributed by atoms with Gasteiger partial charge in [-0.15, -0.1) is 0 Å². The number of alkyl halides is 3. The Kier molecular flexibility index (Phi) is 3.55. The fourth-order valence-electron chi connectivity index (χ4n) is 2.63. The van der Waals surface area contributed by atoms with E-state index in [2.05, 4.69) is 5.10 Å². The quantitative estimate of drug-likeness (QED) is 0.721. The molecular weight excluding hydrogens is 305 g/mol. The molecule has 120 valence electrons. The highest BCUT2D eigenvalue weighted by molar-refractivity contribution is 5.95. The molecule has 6 heteroatoms. The molecule has 1 heterocycles. The lowest BCUT2D eigenvalue weighted by Crippen LogP contribution is -2.10. The summed E-state index contributed by atoms with van der Waals surface area (Å²) in [5, 5.41) is 14.2. The Labute approximate surface area is 131 Å². The van der Waals surface area contributed by atoms with Crippen LogP contribution >= 0.6 is 0 Å². The monoisotopic (exact) mass is 320 g/mol. The summed E-state index contributed by atoms with van der Waals surface area (Å²) in [6.07, 6.45) is -4.45. The van der Waals surface area contributed by atoms with E-state index in [1.54, 1.807) is 32.0 Å². The zero-order valence-electron chi connectivity index (χ0n) is 12.6. The lowest BCUT2D eigenvalue weighted by atomic mass is 10.0. The van der Waals surface area contributed by atoms with E-state index in [0.717, 1.165) is 6.07 Å². The van der Waals surface area contributed by atoms with Crippen molar-refractivity contribution in [1.29, 1.82) is 0 Å². The topological polar surface area (TPSA) is 38.0 Å². The van der Waals surface area contributed by atoms with Crippen molar-refractivity contribution in [3.8, 4) is 17.0 Å². The van der Waals surface area contributed by atoms with Crippen LogP contribution in [-0.4, -0.2) is 14.9 Å². The van der Waals surface area contributed by atoms with Crippen LogP contribution in [0.5, 0.6) is 5.75 Å². The first-order chi connectivity index (χ1) is 10.8. The number of fused-ring (bicyclic) bond motifs is 1. The zero-order chi connectivity index (χ0) is 16.8. The maximum absolute atomic E-state index is 13.4. The van der Waals surface area contributed by atoms with Crippen LogP contribution in [0.3, 0.4) is 0 Å². The van der Waals surface area contributed by atoms with E-state index in [9.17, 15) is 18.3 Å². The molecule has 0 aliphatic rings. The molecule has 2 aromatic carbocycles. The molecule has 1 aromatic heterocycles. The Morgan fingerprint density at radius 1 is 1.04 bits per heavy atom. The van der Waals surface area contributed by atoms with Crippen molar-refractivity contribution in [2.75, 3.05) is 0 Å². The van der Waals surface area contributed by atoms with E-state index < -0.39 is 11.7 Å². The Morgan fingerprint density at radius 2 is 1.70 bits per heavy atom. The van der Waals surface area contributed by atoms with Crippen molar-refractivity contribution in [2.45, 2.75) is 26.1 Å². The summed E-state index contributed by atoms with van der Waals surface area (Å²) in [7, 11) is 0. The summed E-state index contributed by atoms with van der Waals surface area (Å²) in [4.78, 5) is 0. The first-order valence-corrected chi connectivity index (χ1v) is 7.17. The van der Waals surface area contributed by atoms with Crippen molar-refractivity contribution >= 4 is 10.9 Å². The van der Waals surface area contributed by atoms with Crippen molar-refractivity contribution in [3.05, 3.63) is 48.0 Å². The minimum Gasteiger partial charge on any atom is -0.508 e. The highest BCUT2D eigenvalue weighted by Crippen LogP contribution is 2.39. The van der Waals surface area contributed by atoms with Gasteiger partial charge in [0.2, 0.25) is 0 Å². The normalized spacial score (nSPS) is 12.3. The van der Waals surface area contributed by atoms with Gasteiger partial charge >= 0.3 is 6.18 Å². The van der Waals surface area contributed by atoms with Gasteiger partial charge in [0, 0.05) is 17.0 Å². The van der Waals surface area contributed by atoms with Gasteiger partial charge in [-0.2, -0.15) is 18.3 Å². The third-order valence-corrected chi connectivity index (χ3v) is 3.66. The number of hydrogen-bond acceptors (Lipinski definition) is 2. The molecule has 3 aromatic rings. The fraction of sp³-hybridized carbons (Fsp3) is 0.235. The van der Waals surface area contributed by atoms with E-state index in [1.165, 1.54) is 22.9 Å². The number of aromatic hydroxyl groups is 1. The minimum absolute atomic E-state index is 0.0816. The summed E-state index contributed by atoms with van der Waals surface area (Å²) >= 11 is 0. The number of aromatic nitrogens is 2. The molecule has 0 fully saturated rings. The Bertz CT molecular complexity index is 849. The van der Waals surface area contributed by atoms with Crippen LogP contribution in [0.25, 0.3) is 22.2 Å². The number of phenols is 1. The summed E-state index contributed by atoms with van der Waals surface area (Å²) in [6, 6.07) is 10.1. The smallest absolute Gasteiger partial charge is 0.418 e. The molecule has 0 aliphatic heterocycles. The Morgan fingerprint density at radius 3 is 2.26 bits per heavy atom. The summed E-state index contributed by atoms with van der Waals surface area (Å²) in [5.41, 5.74) is 0.519. The van der Waals surface area contributed by atoms with Gasteiger partial charge in [-0.1, -0.05) is 12.1 Å². The minimum atomic E-state index is -4.45. The summed E-state index contributed by atoms with van der Waals surface area (Å²) < 4.78 is 41.5. The third-order valence-electron chi connectivity index (χ3n) is 3.66. The zero-order valence-corrected chi connectivity index (χ0v) is 12.6. The average molecular weight is 320 g/mol. The largest absolute Gasteiger partial charge is 0.508 e. The molecular formula is C17H15F3N2O. The standard InChI is InChI=1S/C17H15F3N2O/c1-10(2)22-16-13(4-3-5-14(16)17(18,19)20)15(21-22)11-6-8-12(23)9-7-11/h3-10,23H,1-2H3. The van der Waals surface area contributed by atoms with Gasteiger partial charge in [0.25, 0.3) is 0 Å². The van der Waals surface area contributed by atoms with Gasteiger partial charge < -0.3 is 5.11 Å². The molecule has 0 radical (unpaired) electrons. The lowest BCUT2D eigenvalue weighted by molar-refractivity contribution is -0.136. The SMILES string of the molecule is CC(C)n1nc(-c2ccc(O)cc2)c2cccc(C(F)(F)F)c21. The average Bonchev–Trinajstić information content (AvgIpc) is 2.86. The van der Waals surface area contributed by atoms with Gasteiger partial charge in [0.1, 0.15) is 11.4 Å². The van der Waals surface area contributed by atoms with Gasteiger partial charge in [-0.25, -0.2) is 0 Å². The second-order valence-corrected chi connectivity index (χ2v) is 5.63. The van der Waals surface area contributed by atoms with Gasteiger partial charge in [0.05, 0.1) is 11.1 Å². The molecule has 0 atom stereocenters. The van der Waals surface area contributed by atoms with Crippen LogP contribution in [0, 0.1) is 0 Å². The van der Waals surface area contributed by atoms with Crippen LogP contribution in [0.1, 0.15) is 25.5 Å². The number of benzene rings is 2. The molecule has 0 unspecified atom stereocenters. The second kappa shape index (κ2) is 5.30. The van der Waals surface area contributed by atoms with Crippen LogP contribution in [-0.2, 0) is 6.18 Å². The van der Waals surface area contributed by atoms with Crippen molar-refractivity contribution in [2.24, 2.45) is 0 Å². The van der Waals surface area contributed by atoms with Gasteiger partial charge in [0.15, 0.2) is 0 Å². The van der Waals surface area contributed by atoms with E-state index in [0.29, 0.717) is 16.6 Å². The fourth-order valence-corrected chi connectivity index (χ4v) is 2.63. The lowest BCUT2D eigenvalue weighted by Gasteiger charge is -2.12. The van der Waals surface area contributed by atoms with Crippen molar-refractivity contribution in [3.63, 3.8) is 0 Å². The number of halogens is 3. The first-order valence-electron chi connectivity index (χ1n) is 7.17. The van der Waals surface area contributed by atoms with E-state index in [-0.39, 0.29) is 17.3 Å². The number of nitrogens with zero attached hydrogens (tertiary/aromatic N) is 2. The Balaban J connectivity index is 2.35. The Hall–Kier alpha value is -2.50. The van der Waals surface area contributed by atoms with E-state index >= 15 is 0 Å². The predicted octanol–water partition coefficient (Wildman–Crippen LogP) is 5.01. The highest BCUT2D eigenvalue weighted by Gasteiger charge is 2.35.